The number of piperidine rings is 1. The first-order chi connectivity index (χ1) is 9.22. The maximum atomic E-state index is 12.1. The number of rotatable bonds is 4. The molecular weight excluding hydrogens is 238 g/mol. The second kappa shape index (κ2) is 6.55. The van der Waals surface area contributed by atoms with Gasteiger partial charge in [0.2, 0.25) is 5.91 Å². The Hall–Kier alpha value is -1.58. The van der Waals surface area contributed by atoms with Gasteiger partial charge >= 0.3 is 0 Å². The molecule has 0 spiro atoms. The molecule has 0 bridgehead atoms. The van der Waals surface area contributed by atoms with Gasteiger partial charge < -0.3 is 9.47 Å². The van der Waals surface area contributed by atoms with E-state index in [9.17, 15) is 4.79 Å². The lowest BCUT2D eigenvalue weighted by Crippen LogP contribution is -2.39. The quantitative estimate of drug-likeness (QED) is 0.781. The van der Waals surface area contributed by atoms with E-state index in [-0.39, 0.29) is 5.91 Å². The number of aryl methyl sites for hydroxylation is 1. The van der Waals surface area contributed by atoms with Crippen LogP contribution in [0.25, 0.3) is 0 Å². The van der Waals surface area contributed by atoms with Crippen LogP contribution in [0.2, 0.25) is 0 Å². The van der Waals surface area contributed by atoms with Gasteiger partial charge in [-0.3, -0.25) is 4.79 Å². The number of nitrogens with zero attached hydrogens (tertiary/aromatic N) is 3. The van der Waals surface area contributed by atoms with Gasteiger partial charge in [0.05, 0.1) is 0 Å². The highest BCUT2D eigenvalue weighted by Crippen LogP contribution is 2.25. The molecule has 4 heteroatoms. The molecule has 0 aromatic carbocycles. The van der Waals surface area contributed by atoms with Crippen LogP contribution in [-0.2, 0) is 11.8 Å². The van der Waals surface area contributed by atoms with Gasteiger partial charge in [0, 0.05) is 44.9 Å². The number of imidazole rings is 1. The van der Waals surface area contributed by atoms with E-state index in [2.05, 4.69) is 22.6 Å². The summed E-state index contributed by atoms with van der Waals surface area (Å²) in [7, 11) is 2.02. The summed E-state index contributed by atoms with van der Waals surface area (Å²) in [4.78, 5) is 18.5. The maximum Gasteiger partial charge on any atom is 0.226 e. The highest BCUT2D eigenvalue weighted by Gasteiger charge is 2.26. The summed E-state index contributed by atoms with van der Waals surface area (Å²) in [6.07, 6.45) is 11.6. The number of hydrogen-bond acceptors (Lipinski definition) is 2. The van der Waals surface area contributed by atoms with Crippen molar-refractivity contribution < 1.29 is 4.79 Å². The minimum absolute atomic E-state index is 0.239. The summed E-state index contributed by atoms with van der Waals surface area (Å²) in [6.45, 7) is 3.78. The molecule has 0 radical (unpaired) electrons. The number of likely N-dealkylation sites (tertiary alicyclic amines) is 1. The third-order valence-electron chi connectivity index (χ3n) is 3.69. The molecule has 0 N–H and O–H groups in total. The summed E-state index contributed by atoms with van der Waals surface area (Å²) >= 11 is 0. The second-order valence-electron chi connectivity index (χ2n) is 5.16. The Labute approximate surface area is 115 Å². The lowest BCUT2D eigenvalue weighted by atomic mass is 9.97. The largest absolute Gasteiger partial charge is 0.342 e. The summed E-state index contributed by atoms with van der Waals surface area (Å²) < 4.78 is 2.07. The van der Waals surface area contributed by atoms with Gasteiger partial charge in [0.1, 0.15) is 5.82 Å². The molecule has 1 atom stereocenters. The molecule has 4 nitrogen and oxygen atoms in total. The van der Waals surface area contributed by atoms with E-state index in [1.165, 1.54) is 0 Å². The van der Waals surface area contributed by atoms with Crippen molar-refractivity contribution in [3.05, 3.63) is 30.4 Å². The minimum Gasteiger partial charge on any atom is -0.342 e. The van der Waals surface area contributed by atoms with Gasteiger partial charge in [0.25, 0.3) is 0 Å². The second-order valence-corrected chi connectivity index (χ2v) is 5.16. The van der Waals surface area contributed by atoms with Gasteiger partial charge in [-0.2, -0.15) is 0 Å². The van der Waals surface area contributed by atoms with E-state index in [1.54, 1.807) is 0 Å². The van der Waals surface area contributed by atoms with Crippen LogP contribution < -0.4 is 0 Å². The van der Waals surface area contributed by atoms with Crippen LogP contribution in [-0.4, -0.2) is 33.4 Å². The van der Waals surface area contributed by atoms with E-state index in [0.29, 0.717) is 12.3 Å². The minimum atomic E-state index is 0.239. The standard InChI is InChI=1S/C15H23N3O/c1-3-4-5-8-14(19)18-10-6-7-13(12-18)15-16-9-11-17(15)2/h4-5,9,11,13H,3,6-8,10,12H2,1-2H3/b5-4+/t13-/m0/s1. The highest BCUT2D eigenvalue weighted by molar-refractivity contribution is 5.77. The summed E-state index contributed by atoms with van der Waals surface area (Å²) in [5.41, 5.74) is 0. The molecule has 1 amide bonds. The van der Waals surface area contributed by atoms with Crippen LogP contribution in [0.4, 0.5) is 0 Å². The Morgan fingerprint density at radius 1 is 1.53 bits per heavy atom. The van der Waals surface area contributed by atoms with Crippen molar-refractivity contribution in [1.29, 1.82) is 0 Å². The molecule has 1 fully saturated rings. The first-order valence-corrected chi connectivity index (χ1v) is 7.12. The number of amides is 1. The lowest BCUT2D eigenvalue weighted by molar-refractivity contribution is -0.131. The Morgan fingerprint density at radius 2 is 2.37 bits per heavy atom. The molecule has 1 saturated heterocycles. The van der Waals surface area contributed by atoms with Crippen LogP contribution in [0.15, 0.2) is 24.5 Å². The molecule has 0 saturated carbocycles. The average Bonchev–Trinajstić information content (AvgIpc) is 2.85. The molecule has 1 aromatic heterocycles. The molecule has 0 aliphatic carbocycles. The van der Waals surface area contributed by atoms with Gasteiger partial charge in [0.15, 0.2) is 0 Å². The topological polar surface area (TPSA) is 38.1 Å². The van der Waals surface area contributed by atoms with Crippen LogP contribution in [0, 0.1) is 0 Å². The fraction of sp³-hybridized carbons (Fsp3) is 0.600. The van der Waals surface area contributed by atoms with E-state index in [1.807, 2.05) is 30.4 Å². The average molecular weight is 261 g/mol. The summed E-state index contributed by atoms with van der Waals surface area (Å²) in [5, 5.41) is 0. The fourth-order valence-corrected chi connectivity index (χ4v) is 2.66. The van der Waals surface area contributed by atoms with Crippen molar-refractivity contribution in [2.75, 3.05) is 13.1 Å². The van der Waals surface area contributed by atoms with Crippen molar-refractivity contribution in [2.24, 2.45) is 7.05 Å². The van der Waals surface area contributed by atoms with E-state index < -0.39 is 0 Å². The maximum absolute atomic E-state index is 12.1. The molecule has 2 rings (SSSR count). The third kappa shape index (κ3) is 3.46. The third-order valence-corrected chi connectivity index (χ3v) is 3.69. The van der Waals surface area contributed by atoms with Gasteiger partial charge in [-0.1, -0.05) is 19.1 Å². The van der Waals surface area contributed by atoms with E-state index in [0.717, 1.165) is 38.2 Å². The first-order valence-electron chi connectivity index (χ1n) is 7.12. The summed E-state index contributed by atoms with van der Waals surface area (Å²) in [5.74, 6) is 1.72. The van der Waals surface area contributed by atoms with Crippen molar-refractivity contribution in [2.45, 2.75) is 38.5 Å². The predicted octanol–water partition coefficient (Wildman–Crippen LogP) is 2.48. The van der Waals surface area contributed by atoms with Crippen LogP contribution >= 0.6 is 0 Å². The number of carbonyl (C=O) groups is 1. The van der Waals surface area contributed by atoms with Crippen molar-refractivity contribution >= 4 is 5.91 Å². The van der Waals surface area contributed by atoms with E-state index >= 15 is 0 Å². The Balaban J connectivity index is 1.95. The van der Waals surface area contributed by atoms with Gasteiger partial charge in [-0.05, 0) is 19.3 Å². The van der Waals surface area contributed by atoms with Crippen LogP contribution in [0.1, 0.15) is 44.3 Å². The summed E-state index contributed by atoms with van der Waals surface area (Å²) in [6, 6.07) is 0. The fourth-order valence-electron chi connectivity index (χ4n) is 2.66. The van der Waals surface area contributed by atoms with Crippen molar-refractivity contribution in [1.82, 2.24) is 14.5 Å². The molecule has 1 aliphatic heterocycles. The zero-order valence-corrected chi connectivity index (χ0v) is 11.9. The lowest BCUT2D eigenvalue weighted by Gasteiger charge is -2.32. The van der Waals surface area contributed by atoms with Crippen molar-refractivity contribution in [3.63, 3.8) is 0 Å². The van der Waals surface area contributed by atoms with Gasteiger partial charge in [-0.25, -0.2) is 4.98 Å². The Kier molecular flexibility index (Phi) is 4.77. The number of aromatic nitrogens is 2. The normalized spacial score (nSPS) is 20.1. The Morgan fingerprint density at radius 3 is 3.05 bits per heavy atom. The number of hydrogen-bond donors (Lipinski definition) is 0. The zero-order chi connectivity index (χ0) is 13.7. The molecule has 1 aromatic rings. The molecule has 19 heavy (non-hydrogen) atoms. The predicted molar refractivity (Wildman–Crippen MR) is 75.8 cm³/mol. The molecule has 0 unspecified atom stereocenters. The monoisotopic (exact) mass is 261 g/mol. The number of carbonyl (C=O) groups excluding carboxylic acids is 1. The Bertz CT molecular complexity index is 450. The van der Waals surface area contributed by atoms with Crippen molar-refractivity contribution in [3.8, 4) is 0 Å². The zero-order valence-electron chi connectivity index (χ0n) is 11.9. The highest BCUT2D eigenvalue weighted by atomic mass is 16.2. The molecule has 104 valence electrons. The smallest absolute Gasteiger partial charge is 0.226 e. The molecule has 1 aliphatic rings. The van der Waals surface area contributed by atoms with E-state index in [4.69, 9.17) is 0 Å². The van der Waals surface area contributed by atoms with Gasteiger partial charge in [-0.15, -0.1) is 0 Å². The first kappa shape index (κ1) is 13.8. The van der Waals surface area contributed by atoms with Crippen LogP contribution in [0.5, 0.6) is 0 Å². The molecular formula is C15H23N3O. The van der Waals surface area contributed by atoms with Crippen LogP contribution in [0.3, 0.4) is 0 Å². The number of allylic oxidation sites excluding steroid dienone is 1. The molecule has 2 heterocycles. The SMILES string of the molecule is CC/C=C/CC(=O)N1CCC[C@H](c2nccn2C)C1.